The highest BCUT2D eigenvalue weighted by Gasteiger charge is 2.09. The predicted octanol–water partition coefficient (Wildman–Crippen LogP) is 4.14. The molecule has 0 radical (unpaired) electrons. The highest BCUT2D eigenvalue weighted by molar-refractivity contribution is 8.01. The summed E-state index contributed by atoms with van der Waals surface area (Å²) in [4.78, 5) is 20.2. The molecule has 3 rings (SSSR count). The summed E-state index contributed by atoms with van der Waals surface area (Å²) in [6, 6.07) is 6.19. The third-order valence-electron chi connectivity index (χ3n) is 2.63. The zero-order chi connectivity index (χ0) is 15.4. The first-order valence-electron chi connectivity index (χ1n) is 6.24. The molecule has 0 saturated carbocycles. The molecule has 112 valence electrons. The van der Waals surface area contributed by atoms with Gasteiger partial charge in [0.25, 0.3) is 0 Å². The molecule has 0 aliphatic carbocycles. The smallest absolute Gasteiger partial charge is 0.236 e. The molecule has 2 heterocycles. The zero-order valence-electron chi connectivity index (χ0n) is 11.2. The average molecular weight is 351 g/mol. The van der Waals surface area contributed by atoms with Crippen LogP contribution in [0.25, 0.3) is 11.3 Å². The summed E-state index contributed by atoms with van der Waals surface area (Å²) in [6.07, 6.45) is 1.64. The Kier molecular flexibility index (Phi) is 4.81. The summed E-state index contributed by atoms with van der Waals surface area (Å²) in [5, 5.41) is 7.02. The highest BCUT2D eigenvalue weighted by atomic mass is 32.2. The van der Waals surface area contributed by atoms with Crippen LogP contribution in [-0.2, 0) is 4.79 Å². The lowest BCUT2D eigenvalue weighted by atomic mass is 10.2. The van der Waals surface area contributed by atoms with Crippen molar-refractivity contribution >= 4 is 45.5 Å². The average Bonchev–Trinajstić information content (AvgIpc) is 3.17. The molecule has 0 saturated heterocycles. The van der Waals surface area contributed by atoms with Crippen LogP contribution in [-0.4, -0.2) is 21.6 Å². The quantitative estimate of drug-likeness (QED) is 0.702. The fraction of sp³-hybridized carbons (Fsp3) is 0.0714. The summed E-state index contributed by atoms with van der Waals surface area (Å²) in [6.45, 7) is 0. The molecule has 1 N–H and O–H groups in total. The number of anilines is 1. The van der Waals surface area contributed by atoms with E-state index in [1.807, 2.05) is 5.38 Å². The Morgan fingerprint density at radius 1 is 1.27 bits per heavy atom. The van der Waals surface area contributed by atoms with Gasteiger partial charge in [-0.25, -0.2) is 14.4 Å². The lowest BCUT2D eigenvalue weighted by Gasteiger charge is -1.99. The van der Waals surface area contributed by atoms with Crippen LogP contribution >= 0.6 is 34.4 Å². The van der Waals surface area contributed by atoms with E-state index in [2.05, 4.69) is 15.3 Å². The van der Waals surface area contributed by atoms with Crippen LogP contribution < -0.4 is 5.32 Å². The van der Waals surface area contributed by atoms with Crippen molar-refractivity contribution in [2.45, 2.75) is 4.34 Å². The number of carbonyl (C=O) groups is 1. The summed E-state index contributed by atoms with van der Waals surface area (Å²) < 4.78 is 13.7. The van der Waals surface area contributed by atoms with Crippen LogP contribution in [0.3, 0.4) is 0 Å². The van der Waals surface area contributed by atoms with Crippen molar-refractivity contribution < 1.29 is 9.18 Å². The van der Waals surface area contributed by atoms with Crippen molar-refractivity contribution in [3.63, 3.8) is 0 Å². The minimum Gasteiger partial charge on any atom is -0.301 e. The van der Waals surface area contributed by atoms with Crippen molar-refractivity contribution in [3.8, 4) is 11.3 Å². The van der Waals surface area contributed by atoms with E-state index in [-0.39, 0.29) is 17.5 Å². The van der Waals surface area contributed by atoms with Gasteiger partial charge in [0.2, 0.25) is 5.91 Å². The lowest BCUT2D eigenvalue weighted by molar-refractivity contribution is -0.113. The van der Waals surface area contributed by atoms with Gasteiger partial charge in [-0.3, -0.25) is 4.79 Å². The van der Waals surface area contributed by atoms with Crippen LogP contribution in [0.4, 0.5) is 9.52 Å². The monoisotopic (exact) mass is 351 g/mol. The van der Waals surface area contributed by atoms with E-state index in [0.717, 1.165) is 15.6 Å². The Labute approximate surface area is 138 Å². The van der Waals surface area contributed by atoms with E-state index in [9.17, 15) is 9.18 Å². The van der Waals surface area contributed by atoms with Crippen molar-refractivity contribution in [2.75, 3.05) is 11.1 Å². The fourth-order valence-electron chi connectivity index (χ4n) is 1.64. The van der Waals surface area contributed by atoms with Crippen molar-refractivity contribution in [3.05, 3.63) is 47.0 Å². The Morgan fingerprint density at radius 3 is 2.82 bits per heavy atom. The van der Waals surface area contributed by atoms with E-state index in [4.69, 9.17) is 0 Å². The Balaban J connectivity index is 1.57. The second kappa shape index (κ2) is 6.99. The maximum atomic E-state index is 12.9. The van der Waals surface area contributed by atoms with Crippen LogP contribution in [0.15, 0.2) is 45.6 Å². The SMILES string of the molecule is O=C(CSc1nc(-c2ccc(F)cc2)cs1)Nc1nccs1. The van der Waals surface area contributed by atoms with Crippen molar-refractivity contribution in [1.82, 2.24) is 9.97 Å². The maximum Gasteiger partial charge on any atom is 0.236 e. The number of benzene rings is 1. The van der Waals surface area contributed by atoms with Gasteiger partial charge >= 0.3 is 0 Å². The Hall–Kier alpha value is -1.77. The molecule has 0 aliphatic heterocycles. The predicted molar refractivity (Wildman–Crippen MR) is 89.0 cm³/mol. The molecule has 8 heteroatoms. The first kappa shape index (κ1) is 15.1. The second-order valence-electron chi connectivity index (χ2n) is 4.18. The van der Waals surface area contributed by atoms with Gasteiger partial charge < -0.3 is 5.32 Å². The van der Waals surface area contributed by atoms with E-state index >= 15 is 0 Å². The number of nitrogens with one attached hydrogen (secondary N) is 1. The second-order valence-corrected chi connectivity index (χ2v) is 7.15. The minimum absolute atomic E-state index is 0.113. The number of aromatic nitrogens is 2. The molecular formula is C14H10FN3OS3. The molecule has 2 aromatic heterocycles. The first-order valence-corrected chi connectivity index (χ1v) is 8.99. The molecule has 1 aromatic carbocycles. The topological polar surface area (TPSA) is 54.9 Å². The van der Waals surface area contributed by atoms with Gasteiger partial charge in [-0.05, 0) is 24.3 Å². The molecular weight excluding hydrogens is 341 g/mol. The highest BCUT2D eigenvalue weighted by Crippen LogP contribution is 2.28. The molecule has 22 heavy (non-hydrogen) atoms. The Morgan fingerprint density at radius 2 is 2.09 bits per heavy atom. The number of rotatable bonds is 5. The number of amides is 1. The van der Waals surface area contributed by atoms with Gasteiger partial charge in [-0.15, -0.1) is 22.7 Å². The maximum absolute atomic E-state index is 12.9. The molecule has 0 unspecified atom stereocenters. The molecule has 3 aromatic rings. The number of thioether (sulfide) groups is 1. The molecule has 1 amide bonds. The van der Waals surface area contributed by atoms with E-state index in [1.54, 1.807) is 23.7 Å². The van der Waals surface area contributed by atoms with Gasteiger partial charge in [0.05, 0.1) is 11.4 Å². The number of thiazole rings is 2. The number of nitrogens with zero attached hydrogens (tertiary/aromatic N) is 2. The normalized spacial score (nSPS) is 10.6. The third-order valence-corrected chi connectivity index (χ3v) is 5.34. The number of halogens is 1. The first-order chi connectivity index (χ1) is 10.7. The van der Waals surface area contributed by atoms with Crippen LogP contribution in [0.5, 0.6) is 0 Å². The van der Waals surface area contributed by atoms with E-state index < -0.39 is 0 Å². The lowest BCUT2D eigenvalue weighted by Crippen LogP contribution is -2.13. The Bertz CT molecular complexity index is 756. The van der Waals surface area contributed by atoms with E-state index in [1.165, 1.54) is 46.6 Å². The van der Waals surface area contributed by atoms with Gasteiger partial charge in [-0.2, -0.15) is 0 Å². The standard InChI is InChI=1S/C14H10FN3OS3/c15-10-3-1-9(2-4-10)11-7-21-14(17-11)22-8-12(19)18-13-16-5-6-20-13/h1-7H,8H2,(H,16,18,19). The molecule has 0 fully saturated rings. The summed E-state index contributed by atoms with van der Waals surface area (Å²) in [7, 11) is 0. The fourth-order valence-corrected chi connectivity index (χ4v) is 3.82. The molecule has 0 aliphatic rings. The van der Waals surface area contributed by atoms with E-state index in [0.29, 0.717) is 5.13 Å². The van der Waals surface area contributed by atoms with Gasteiger partial charge in [0, 0.05) is 22.5 Å². The number of carbonyl (C=O) groups excluding carboxylic acids is 1. The minimum atomic E-state index is -0.271. The van der Waals surface area contributed by atoms with Crippen LogP contribution in [0, 0.1) is 5.82 Å². The van der Waals surface area contributed by atoms with Crippen molar-refractivity contribution in [1.29, 1.82) is 0 Å². The zero-order valence-corrected chi connectivity index (χ0v) is 13.6. The largest absolute Gasteiger partial charge is 0.301 e. The number of hydrogen-bond acceptors (Lipinski definition) is 6. The van der Waals surface area contributed by atoms with Crippen LogP contribution in [0.2, 0.25) is 0 Å². The van der Waals surface area contributed by atoms with Gasteiger partial charge in [0.15, 0.2) is 9.47 Å². The summed E-state index contributed by atoms with van der Waals surface area (Å²) in [5.41, 5.74) is 1.64. The molecule has 4 nitrogen and oxygen atoms in total. The molecule has 0 spiro atoms. The number of hydrogen-bond donors (Lipinski definition) is 1. The summed E-state index contributed by atoms with van der Waals surface area (Å²) in [5.74, 6) is -0.110. The van der Waals surface area contributed by atoms with Crippen LogP contribution in [0.1, 0.15) is 0 Å². The van der Waals surface area contributed by atoms with Crippen molar-refractivity contribution in [2.24, 2.45) is 0 Å². The molecule has 0 bridgehead atoms. The summed E-state index contributed by atoms with van der Waals surface area (Å²) >= 11 is 4.21. The molecule has 0 atom stereocenters. The third kappa shape index (κ3) is 3.90. The van der Waals surface area contributed by atoms with Gasteiger partial charge in [-0.1, -0.05) is 11.8 Å². The van der Waals surface area contributed by atoms with Gasteiger partial charge in [0.1, 0.15) is 5.82 Å².